The number of aliphatic imine (C=N–C) groups is 1. The van der Waals surface area contributed by atoms with Crippen molar-refractivity contribution in [1.82, 2.24) is 0 Å². The van der Waals surface area contributed by atoms with Crippen molar-refractivity contribution in [2.75, 3.05) is 0 Å². The highest BCUT2D eigenvalue weighted by molar-refractivity contribution is 5.78. The molecular formula is C14H17N. The lowest BCUT2D eigenvalue weighted by Crippen LogP contribution is -2.23. The topological polar surface area (TPSA) is 12.4 Å². The van der Waals surface area contributed by atoms with Crippen molar-refractivity contribution in [3.8, 4) is 0 Å². The van der Waals surface area contributed by atoms with Crippen molar-refractivity contribution in [3.05, 3.63) is 42.0 Å². The van der Waals surface area contributed by atoms with Gasteiger partial charge in [0.05, 0.1) is 5.70 Å². The molecule has 0 saturated carbocycles. The molecule has 1 heterocycles. The Morgan fingerprint density at radius 3 is 2.40 bits per heavy atom. The Hall–Kier alpha value is -1.37. The summed E-state index contributed by atoms with van der Waals surface area (Å²) in [4.78, 5) is 4.51. The van der Waals surface area contributed by atoms with Crippen LogP contribution in [0.1, 0.15) is 26.3 Å². The predicted molar refractivity (Wildman–Crippen MR) is 65.9 cm³/mol. The van der Waals surface area contributed by atoms with Crippen LogP contribution in [0, 0.1) is 11.3 Å². The van der Waals surface area contributed by atoms with E-state index in [0.29, 0.717) is 5.92 Å². The normalized spacial score (nSPS) is 23.7. The van der Waals surface area contributed by atoms with Crippen molar-refractivity contribution in [1.29, 1.82) is 0 Å². The van der Waals surface area contributed by atoms with Crippen LogP contribution in [-0.4, -0.2) is 6.21 Å². The third kappa shape index (κ3) is 2.01. The molecule has 0 fully saturated rings. The molecule has 1 heteroatoms. The van der Waals surface area contributed by atoms with E-state index in [1.165, 1.54) is 5.56 Å². The molecule has 0 amide bonds. The van der Waals surface area contributed by atoms with E-state index in [4.69, 9.17) is 0 Å². The highest BCUT2D eigenvalue weighted by Crippen LogP contribution is 2.34. The van der Waals surface area contributed by atoms with Gasteiger partial charge in [-0.2, -0.15) is 0 Å². The van der Waals surface area contributed by atoms with Crippen LogP contribution in [0.25, 0.3) is 5.70 Å². The van der Waals surface area contributed by atoms with Crippen molar-refractivity contribution in [2.45, 2.75) is 20.8 Å². The fourth-order valence-electron chi connectivity index (χ4n) is 1.67. The Kier molecular flexibility index (Phi) is 2.47. The van der Waals surface area contributed by atoms with Crippen LogP contribution in [-0.2, 0) is 0 Å². The second-order valence-electron chi connectivity index (χ2n) is 4.78. The van der Waals surface area contributed by atoms with E-state index in [0.717, 1.165) is 5.70 Å². The summed E-state index contributed by atoms with van der Waals surface area (Å²) in [6.45, 7) is 6.72. The van der Waals surface area contributed by atoms with Gasteiger partial charge in [-0.25, -0.2) is 0 Å². The fourth-order valence-corrected chi connectivity index (χ4v) is 1.67. The smallest absolute Gasteiger partial charge is 0.0663 e. The molecular weight excluding hydrogens is 182 g/mol. The molecule has 1 aromatic carbocycles. The molecule has 0 aromatic heterocycles. The van der Waals surface area contributed by atoms with E-state index in [-0.39, 0.29) is 5.41 Å². The van der Waals surface area contributed by atoms with Gasteiger partial charge in [0.25, 0.3) is 0 Å². The molecule has 1 unspecified atom stereocenters. The maximum absolute atomic E-state index is 4.51. The van der Waals surface area contributed by atoms with Crippen molar-refractivity contribution in [2.24, 2.45) is 16.3 Å². The standard InChI is InChI=1S/C14H17N/c1-11-10-15-13(9-14(11,2)3)12-7-5-4-6-8-12/h4-11H,1-3H3. The lowest BCUT2D eigenvalue weighted by atomic mass is 9.78. The zero-order valence-corrected chi connectivity index (χ0v) is 9.57. The number of nitrogens with zero attached hydrogens (tertiary/aromatic N) is 1. The second-order valence-corrected chi connectivity index (χ2v) is 4.78. The number of benzene rings is 1. The largest absolute Gasteiger partial charge is 0.261 e. The lowest BCUT2D eigenvalue weighted by Gasteiger charge is -2.29. The van der Waals surface area contributed by atoms with E-state index < -0.39 is 0 Å². The molecule has 1 atom stereocenters. The van der Waals surface area contributed by atoms with Crippen LogP contribution in [0.4, 0.5) is 0 Å². The Labute approximate surface area is 91.6 Å². The first-order valence-corrected chi connectivity index (χ1v) is 5.42. The zero-order chi connectivity index (χ0) is 10.9. The highest BCUT2D eigenvalue weighted by Gasteiger charge is 2.25. The summed E-state index contributed by atoms with van der Waals surface area (Å²) in [5.41, 5.74) is 2.50. The number of hydrogen-bond acceptors (Lipinski definition) is 1. The van der Waals surface area contributed by atoms with E-state index in [1.807, 2.05) is 6.07 Å². The van der Waals surface area contributed by atoms with Gasteiger partial charge in [0, 0.05) is 12.1 Å². The fraction of sp³-hybridized carbons (Fsp3) is 0.357. The first-order chi connectivity index (χ1) is 7.09. The summed E-state index contributed by atoms with van der Waals surface area (Å²) in [6.07, 6.45) is 4.33. The van der Waals surface area contributed by atoms with Crippen molar-refractivity contribution >= 4 is 11.9 Å². The van der Waals surface area contributed by atoms with Crippen molar-refractivity contribution in [3.63, 3.8) is 0 Å². The molecule has 0 saturated heterocycles. The molecule has 78 valence electrons. The molecule has 15 heavy (non-hydrogen) atoms. The summed E-state index contributed by atoms with van der Waals surface area (Å²) in [5, 5.41) is 0. The Bertz CT molecular complexity index is 399. The van der Waals surface area contributed by atoms with E-state index >= 15 is 0 Å². The van der Waals surface area contributed by atoms with Gasteiger partial charge >= 0.3 is 0 Å². The molecule has 0 spiro atoms. The third-order valence-corrected chi connectivity index (χ3v) is 3.19. The molecule has 1 aliphatic heterocycles. The minimum atomic E-state index is 0.201. The lowest BCUT2D eigenvalue weighted by molar-refractivity contribution is 0.392. The average molecular weight is 199 g/mol. The average Bonchev–Trinajstić information content (AvgIpc) is 2.23. The van der Waals surface area contributed by atoms with Crippen LogP contribution in [0.3, 0.4) is 0 Å². The van der Waals surface area contributed by atoms with Gasteiger partial charge in [0.2, 0.25) is 0 Å². The van der Waals surface area contributed by atoms with Gasteiger partial charge in [-0.1, -0.05) is 57.2 Å². The van der Waals surface area contributed by atoms with Crippen LogP contribution in [0.5, 0.6) is 0 Å². The Morgan fingerprint density at radius 2 is 1.80 bits per heavy atom. The maximum Gasteiger partial charge on any atom is 0.0663 e. The third-order valence-electron chi connectivity index (χ3n) is 3.19. The van der Waals surface area contributed by atoms with Gasteiger partial charge < -0.3 is 0 Å². The van der Waals surface area contributed by atoms with Gasteiger partial charge in [-0.15, -0.1) is 0 Å². The molecule has 0 bridgehead atoms. The van der Waals surface area contributed by atoms with Gasteiger partial charge in [-0.05, 0) is 11.0 Å². The molecule has 1 aromatic rings. The molecule has 0 N–H and O–H groups in total. The van der Waals surface area contributed by atoms with Crippen LogP contribution in [0.2, 0.25) is 0 Å². The minimum Gasteiger partial charge on any atom is -0.261 e. The number of allylic oxidation sites excluding steroid dienone is 1. The first-order valence-electron chi connectivity index (χ1n) is 5.42. The predicted octanol–water partition coefficient (Wildman–Crippen LogP) is 3.77. The van der Waals surface area contributed by atoms with Crippen LogP contribution in [0.15, 0.2) is 41.4 Å². The molecule has 1 aliphatic rings. The second kappa shape index (κ2) is 3.65. The molecule has 0 radical (unpaired) electrons. The highest BCUT2D eigenvalue weighted by atomic mass is 14.8. The number of hydrogen-bond donors (Lipinski definition) is 0. The molecule has 1 nitrogen and oxygen atoms in total. The summed E-state index contributed by atoms with van der Waals surface area (Å²) < 4.78 is 0. The van der Waals surface area contributed by atoms with Crippen molar-refractivity contribution < 1.29 is 0 Å². The monoisotopic (exact) mass is 199 g/mol. The summed E-state index contributed by atoms with van der Waals surface area (Å²) in [6, 6.07) is 10.3. The van der Waals surface area contributed by atoms with Gasteiger partial charge in [-0.3, -0.25) is 4.99 Å². The number of rotatable bonds is 1. The summed E-state index contributed by atoms with van der Waals surface area (Å²) in [7, 11) is 0. The first kappa shape index (κ1) is 10.2. The Morgan fingerprint density at radius 1 is 1.13 bits per heavy atom. The summed E-state index contributed by atoms with van der Waals surface area (Å²) >= 11 is 0. The molecule has 0 aliphatic carbocycles. The van der Waals surface area contributed by atoms with E-state index in [9.17, 15) is 0 Å². The minimum absolute atomic E-state index is 0.201. The van der Waals surface area contributed by atoms with Crippen LogP contribution >= 0.6 is 0 Å². The summed E-state index contributed by atoms with van der Waals surface area (Å²) in [5.74, 6) is 0.505. The SMILES string of the molecule is CC1C=NC(c2ccccc2)=CC1(C)C. The molecule has 2 rings (SSSR count). The zero-order valence-electron chi connectivity index (χ0n) is 9.57. The van der Waals surface area contributed by atoms with E-state index in [2.05, 4.69) is 62.3 Å². The van der Waals surface area contributed by atoms with Gasteiger partial charge in [0.15, 0.2) is 0 Å². The Balaban J connectivity index is 2.37. The quantitative estimate of drug-likeness (QED) is 0.652. The van der Waals surface area contributed by atoms with Crippen LogP contribution < -0.4 is 0 Å². The maximum atomic E-state index is 4.51. The van der Waals surface area contributed by atoms with Gasteiger partial charge in [0.1, 0.15) is 0 Å². The van der Waals surface area contributed by atoms with E-state index in [1.54, 1.807) is 0 Å².